The second kappa shape index (κ2) is 9.95. The van der Waals surface area contributed by atoms with Crippen molar-refractivity contribution in [1.29, 1.82) is 0 Å². The van der Waals surface area contributed by atoms with E-state index < -0.39 is 17.7 Å². The molecule has 2 fully saturated rings. The lowest BCUT2D eigenvalue weighted by Gasteiger charge is -2.30. The Bertz CT molecular complexity index is 1330. The summed E-state index contributed by atoms with van der Waals surface area (Å²) in [6, 6.07) is 4.68. The highest BCUT2D eigenvalue weighted by atomic mass is 19.1. The van der Waals surface area contributed by atoms with Gasteiger partial charge in [-0.1, -0.05) is 0 Å². The quantitative estimate of drug-likeness (QED) is 0.469. The maximum atomic E-state index is 13.8. The van der Waals surface area contributed by atoms with Crippen LogP contribution in [-0.4, -0.2) is 55.3 Å². The number of nitrogens with one attached hydrogen (secondary N) is 2. The van der Waals surface area contributed by atoms with E-state index in [2.05, 4.69) is 15.5 Å². The third kappa shape index (κ3) is 5.02. The first-order chi connectivity index (χ1) is 17.7. The van der Waals surface area contributed by atoms with Crippen LogP contribution in [0, 0.1) is 18.6 Å². The lowest BCUT2D eigenvalue weighted by molar-refractivity contribution is 0.0940. The highest BCUT2D eigenvalue weighted by molar-refractivity contribution is 6.08. The van der Waals surface area contributed by atoms with Crippen molar-refractivity contribution in [3.63, 3.8) is 0 Å². The number of hydrogen-bond donors (Lipinski definition) is 2. The van der Waals surface area contributed by atoms with Crippen molar-refractivity contribution in [1.82, 2.24) is 20.6 Å². The second-order valence-electron chi connectivity index (χ2n) is 10.4. The first kappa shape index (κ1) is 25.5. The summed E-state index contributed by atoms with van der Waals surface area (Å²) >= 11 is 0. The smallest absolute Gasteiger partial charge is 0.255 e. The molecule has 37 heavy (non-hydrogen) atoms. The van der Waals surface area contributed by atoms with Gasteiger partial charge < -0.3 is 20.3 Å². The molecule has 1 aliphatic carbocycles. The number of likely N-dealkylation sites (N-methyl/N-ethyl adjacent to an activating group) is 1. The van der Waals surface area contributed by atoms with Crippen molar-refractivity contribution < 1.29 is 18.3 Å². The van der Waals surface area contributed by atoms with Gasteiger partial charge in [-0.15, -0.1) is 0 Å². The monoisotopic (exact) mass is 509 g/mol. The minimum atomic E-state index is -0.682. The molecular formula is C28H33F2N5O2. The van der Waals surface area contributed by atoms with E-state index in [1.807, 2.05) is 20.0 Å². The molecule has 3 heterocycles. The van der Waals surface area contributed by atoms with Crippen molar-refractivity contribution in [3.05, 3.63) is 64.6 Å². The Morgan fingerprint density at radius 2 is 1.97 bits per heavy atom. The Labute approximate surface area is 215 Å². The lowest BCUT2D eigenvalue weighted by Crippen LogP contribution is -2.49. The largest absolute Gasteiger partial charge is 0.383 e. The van der Waals surface area contributed by atoms with Crippen LogP contribution in [0.5, 0.6) is 0 Å². The molecule has 3 aromatic rings. The minimum Gasteiger partial charge on any atom is -0.383 e. The Kier molecular flexibility index (Phi) is 6.85. The second-order valence-corrected chi connectivity index (χ2v) is 10.4. The number of anilines is 1. The molecule has 5 rings (SSSR count). The fourth-order valence-corrected chi connectivity index (χ4v) is 5.41. The zero-order chi connectivity index (χ0) is 26.3. The molecule has 196 valence electrons. The van der Waals surface area contributed by atoms with Crippen LogP contribution in [0.1, 0.15) is 65.5 Å². The molecule has 1 aliphatic heterocycles. The van der Waals surface area contributed by atoms with Crippen LogP contribution in [0.4, 0.5) is 14.5 Å². The number of aromatic nitrogens is 2. The highest BCUT2D eigenvalue weighted by Gasteiger charge is 2.39. The summed E-state index contributed by atoms with van der Waals surface area (Å²) in [5, 5.41) is 7.25. The van der Waals surface area contributed by atoms with Gasteiger partial charge in [0.05, 0.1) is 40.6 Å². The number of amides is 1. The van der Waals surface area contributed by atoms with Gasteiger partial charge in [0.25, 0.3) is 5.91 Å². The van der Waals surface area contributed by atoms with Crippen LogP contribution in [0.3, 0.4) is 0 Å². The maximum absolute atomic E-state index is 13.8. The van der Waals surface area contributed by atoms with Gasteiger partial charge in [-0.2, -0.15) is 0 Å². The van der Waals surface area contributed by atoms with Crippen molar-refractivity contribution >= 4 is 22.5 Å². The number of ether oxygens (including phenoxy) is 1. The summed E-state index contributed by atoms with van der Waals surface area (Å²) in [5.41, 5.74) is 4.04. The summed E-state index contributed by atoms with van der Waals surface area (Å²) in [7, 11) is 3.62. The number of pyridine rings is 2. The zero-order valence-electron chi connectivity index (χ0n) is 21.7. The van der Waals surface area contributed by atoms with E-state index in [1.54, 1.807) is 20.2 Å². The van der Waals surface area contributed by atoms with E-state index in [9.17, 15) is 13.6 Å². The molecule has 1 aromatic carbocycles. The molecular weight excluding hydrogens is 476 g/mol. The fraction of sp³-hybridized carbons (Fsp3) is 0.464. The first-order valence-electron chi connectivity index (χ1n) is 12.7. The highest BCUT2D eigenvalue weighted by Crippen LogP contribution is 2.44. The number of halogens is 2. The van der Waals surface area contributed by atoms with Crippen LogP contribution in [0.2, 0.25) is 0 Å². The van der Waals surface area contributed by atoms with Crippen molar-refractivity contribution in [2.75, 3.05) is 38.8 Å². The summed E-state index contributed by atoms with van der Waals surface area (Å²) < 4.78 is 33.1. The van der Waals surface area contributed by atoms with Gasteiger partial charge in [-0.25, -0.2) is 8.78 Å². The van der Waals surface area contributed by atoms with E-state index in [0.717, 1.165) is 59.9 Å². The average Bonchev–Trinajstić information content (AvgIpc) is 3.62. The number of fused-ring (bicyclic) bond motifs is 1. The van der Waals surface area contributed by atoms with Gasteiger partial charge >= 0.3 is 0 Å². The van der Waals surface area contributed by atoms with Gasteiger partial charge in [-0.05, 0) is 63.9 Å². The molecule has 2 aliphatic rings. The topological polar surface area (TPSA) is 79.4 Å². The van der Waals surface area contributed by atoms with E-state index >= 15 is 0 Å². The van der Waals surface area contributed by atoms with E-state index in [-0.39, 0.29) is 11.4 Å². The van der Waals surface area contributed by atoms with Crippen LogP contribution in [0.15, 0.2) is 30.5 Å². The number of aryl methyl sites for hydroxylation is 1. The normalized spacial score (nSPS) is 20.4. The summed E-state index contributed by atoms with van der Waals surface area (Å²) in [6.45, 7) is 5.60. The molecule has 1 saturated heterocycles. The van der Waals surface area contributed by atoms with Crippen molar-refractivity contribution in [3.8, 4) is 0 Å². The summed E-state index contributed by atoms with van der Waals surface area (Å²) in [6.07, 6.45) is 4.64. The van der Waals surface area contributed by atoms with Crippen LogP contribution in [0.25, 0.3) is 10.9 Å². The van der Waals surface area contributed by atoms with Crippen LogP contribution < -0.4 is 15.5 Å². The Morgan fingerprint density at radius 3 is 2.62 bits per heavy atom. The number of benzene rings is 1. The standard InChI is InChI=1S/C28H33F2N5O2/c1-16-9-22-25(24(33-16)18-5-6-18)32-13-23(26(22)35-8-7-28(14-35,31-3)15-37-4)27(36)34-17(2)19-10-20(29)12-21(30)11-19/h9-13,17-18,31H,5-8,14-15H2,1-4H3,(H,34,36)/t17-,28?/m0/s1. The predicted molar refractivity (Wildman–Crippen MR) is 139 cm³/mol. The number of carbonyl (C=O) groups excluding carboxylic acids is 1. The van der Waals surface area contributed by atoms with E-state index in [4.69, 9.17) is 14.7 Å². The van der Waals surface area contributed by atoms with Crippen LogP contribution >= 0.6 is 0 Å². The molecule has 2 N–H and O–H groups in total. The number of rotatable bonds is 8. The lowest BCUT2D eigenvalue weighted by atomic mass is 10.00. The van der Waals surface area contributed by atoms with Crippen LogP contribution in [-0.2, 0) is 4.74 Å². The third-order valence-electron chi connectivity index (χ3n) is 7.54. The molecule has 1 saturated carbocycles. The molecule has 1 amide bonds. The fourth-order valence-electron chi connectivity index (χ4n) is 5.41. The Hall–Kier alpha value is -3.17. The molecule has 9 heteroatoms. The van der Waals surface area contributed by atoms with Gasteiger partial charge in [0, 0.05) is 49.5 Å². The average molecular weight is 510 g/mol. The number of carbonyl (C=O) groups is 1. The van der Waals surface area contributed by atoms with Gasteiger partial charge in [0.15, 0.2) is 0 Å². The van der Waals surface area contributed by atoms with Gasteiger partial charge in [-0.3, -0.25) is 14.8 Å². The molecule has 1 unspecified atom stereocenters. The Morgan fingerprint density at radius 1 is 1.24 bits per heavy atom. The van der Waals surface area contributed by atoms with Gasteiger partial charge in [0.2, 0.25) is 0 Å². The van der Waals surface area contributed by atoms with E-state index in [1.165, 1.54) is 12.1 Å². The zero-order valence-corrected chi connectivity index (χ0v) is 21.7. The molecule has 0 radical (unpaired) electrons. The summed E-state index contributed by atoms with van der Waals surface area (Å²) in [5.74, 6) is -1.32. The minimum absolute atomic E-state index is 0.244. The molecule has 0 spiro atoms. The number of hydrogen-bond acceptors (Lipinski definition) is 6. The third-order valence-corrected chi connectivity index (χ3v) is 7.54. The van der Waals surface area contributed by atoms with Gasteiger partial charge in [0.1, 0.15) is 11.6 Å². The van der Waals surface area contributed by atoms with Crippen molar-refractivity contribution in [2.45, 2.75) is 50.6 Å². The number of methoxy groups -OCH3 is 1. The van der Waals surface area contributed by atoms with Crippen molar-refractivity contribution in [2.24, 2.45) is 0 Å². The first-order valence-corrected chi connectivity index (χ1v) is 12.7. The molecule has 0 bridgehead atoms. The predicted octanol–water partition coefficient (Wildman–Crippen LogP) is 4.40. The molecule has 2 atom stereocenters. The number of nitrogens with zero attached hydrogens (tertiary/aromatic N) is 3. The maximum Gasteiger partial charge on any atom is 0.255 e. The Balaban J connectivity index is 1.58. The molecule has 7 nitrogen and oxygen atoms in total. The summed E-state index contributed by atoms with van der Waals surface area (Å²) in [4.78, 5) is 25.4. The molecule has 2 aromatic heterocycles. The van der Waals surface area contributed by atoms with E-state index in [0.29, 0.717) is 30.2 Å². The SMILES string of the molecule is CNC1(COC)CCN(c2c(C(=O)N[C@@H](C)c3cc(F)cc(F)c3)cnc3c(C4CC4)nc(C)cc23)C1.